The highest BCUT2D eigenvalue weighted by atomic mass is 79.9. The number of ether oxygens (including phenoxy) is 1. The largest absolute Gasteiger partial charge is 0.457 e. The molecule has 0 saturated heterocycles. The summed E-state index contributed by atoms with van der Waals surface area (Å²) in [5.41, 5.74) is 0.189. The molecule has 0 aromatic heterocycles. The first-order valence-corrected chi connectivity index (χ1v) is 10.1. The Balaban J connectivity index is 2.25. The Kier molecular flexibility index (Phi) is 6.92. The van der Waals surface area contributed by atoms with E-state index in [2.05, 4.69) is 31.9 Å². The zero-order valence-corrected chi connectivity index (χ0v) is 17.7. The molecule has 0 radical (unpaired) electrons. The lowest BCUT2D eigenvalue weighted by molar-refractivity contribution is -0.0258. The predicted octanol–water partition coefficient (Wildman–Crippen LogP) is 3.89. The Bertz CT molecular complexity index is 936. The Morgan fingerprint density at radius 2 is 1.88 bits per heavy atom. The molecule has 0 spiro atoms. The lowest BCUT2D eigenvalue weighted by atomic mass is 10.2. The normalized spacial score (nSPS) is 11.6. The highest BCUT2D eigenvalue weighted by Crippen LogP contribution is 2.24. The van der Waals surface area contributed by atoms with Crippen LogP contribution in [0.1, 0.15) is 15.9 Å². The molecule has 0 aliphatic rings. The molecule has 0 amide bonds. The summed E-state index contributed by atoms with van der Waals surface area (Å²) in [6.07, 6.45) is 0. The van der Waals surface area contributed by atoms with Crippen LogP contribution in [0, 0.1) is 5.82 Å². The van der Waals surface area contributed by atoms with Crippen molar-refractivity contribution in [3.8, 4) is 0 Å². The van der Waals surface area contributed by atoms with Crippen LogP contribution in [-0.2, 0) is 26.2 Å². The van der Waals surface area contributed by atoms with Gasteiger partial charge in [-0.05, 0) is 46.3 Å². The minimum absolute atomic E-state index is 0.00639. The van der Waals surface area contributed by atoms with Crippen LogP contribution in [0.2, 0.25) is 0 Å². The lowest BCUT2D eigenvalue weighted by Crippen LogP contribution is -2.26. The van der Waals surface area contributed by atoms with Crippen molar-refractivity contribution >= 4 is 47.9 Å². The highest BCUT2D eigenvalue weighted by Gasteiger charge is 2.24. The number of benzene rings is 2. The third kappa shape index (κ3) is 4.68. The van der Waals surface area contributed by atoms with Gasteiger partial charge in [-0.1, -0.05) is 26.5 Å². The molecule has 10 heteroatoms. The summed E-state index contributed by atoms with van der Waals surface area (Å²) in [7, 11) is -1.49. The van der Waals surface area contributed by atoms with E-state index in [0.29, 0.717) is 13.4 Å². The smallest absolute Gasteiger partial charge is 0.339 e. The Labute approximate surface area is 167 Å². The van der Waals surface area contributed by atoms with E-state index in [0.717, 1.165) is 6.07 Å². The summed E-state index contributed by atoms with van der Waals surface area (Å²) >= 11 is 6.32. The number of nitrogens with zero attached hydrogens (tertiary/aromatic N) is 1. The first-order chi connectivity index (χ1) is 12.2. The number of halogens is 3. The van der Waals surface area contributed by atoms with Crippen LogP contribution < -0.4 is 0 Å². The highest BCUT2D eigenvalue weighted by molar-refractivity contribution is 9.10. The lowest BCUT2D eigenvalue weighted by Gasteiger charge is -2.15. The van der Waals surface area contributed by atoms with E-state index in [-0.39, 0.29) is 22.6 Å². The van der Waals surface area contributed by atoms with E-state index < -0.39 is 21.8 Å². The maximum Gasteiger partial charge on any atom is 0.339 e. The van der Waals surface area contributed by atoms with Crippen LogP contribution >= 0.6 is 31.9 Å². The third-order valence-electron chi connectivity index (χ3n) is 3.43. The minimum Gasteiger partial charge on any atom is -0.457 e. The van der Waals surface area contributed by atoms with Gasteiger partial charge in [0.1, 0.15) is 12.4 Å². The van der Waals surface area contributed by atoms with Gasteiger partial charge in [0.2, 0.25) is 0 Å². The van der Waals surface area contributed by atoms with Crippen LogP contribution in [0.4, 0.5) is 4.39 Å². The average Bonchev–Trinajstić information content (AvgIpc) is 2.60. The minimum atomic E-state index is -3.92. The topological polar surface area (TPSA) is 72.9 Å². The molecule has 140 valence electrons. The van der Waals surface area contributed by atoms with Crippen molar-refractivity contribution in [3.05, 3.63) is 62.3 Å². The van der Waals surface area contributed by atoms with E-state index in [4.69, 9.17) is 9.57 Å². The van der Waals surface area contributed by atoms with Crippen molar-refractivity contribution in [3.63, 3.8) is 0 Å². The molecule has 2 aromatic carbocycles. The molecule has 6 nitrogen and oxygen atoms in total. The monoisotopic (exact) mass is 509 g/mol. The van der Waals surface area contributed by atoms with Gasteiger partial charge in [0.05, 0.1) is 17.6 Å². The number of carbonyl (C=O) groups excluding carboxylic acids is 1. The van der Waals surface area contributed by atoms with Gasteiger partial charge >= 0.3 is 5.97 Å². The van der Waals surface area contributed by atoms with E-state index in [1.165, 1.54) is 38.4 Å². The van der Waals surface area contributed by atoms with Gasteiger partial charge < -0.3 is 4.74 Å². The van der Waals surface area contributed by atoms with E-state index in [9.17, 15) is 17.6 Å². The summed E-state index contributed by atoms with van der Waals surface area (Å²) in [6.45, 7) is -0.292. The SMILES string of the molecule is CON(C)S(=O)(=O)c1ccc(Br)c(C(=O)OCc2ccc(Br)cc2F)c1. The van der Waals surface area contributed by atoms with E-state index in [1.54, 1.807) is 6.07 Å². The molecular formula is C16H14Br2FNO5S. The molecule has 0 N–H and O–H groups in total. The summed E-state index contributed by atoms with van der Waals surface area (Å²) in [5.74, 6) is -1.32. The zero-order valence-electron chi connectivity index (χ0n) is 13.7. The number of carbonyl (C=O) groups is 1. The van der Waals surface area contributed by atoms with Crippen LogP contribution in [0.3, 0.4) is 0 Å². The van der Waals surface area contributed by atoms with E-state index in [1.807, 2.05) is 0 Å². The Morgan fingerprint density at radius 1 is 1.19 bits per heavy atom. The van der Waals surface area contributed by atoms with Gasteiger partial charge in [-0.15, -0.1) is 0 Å². The molecule has 2 aromatic rings. The second kappa shape index (κ2) is 8.57. The maximum atomic E-state index is 13.8. The Morgan fingerprint density at radius 3 is 2.50 bits per heavy atom. The summed E-state index contributed by atoms with van der Waals surface area (Å²) in [6, 6.07) is 8.25. The van der Waals surface area contributed by atoms with Crippen LogP contribution in [-0.4, -0.2) is 33.0 Å². The van der Waals surface area contributed by atoms with Gasteiger partial charge in [0, 0.05) is 21.6 Å². The molecule has 0 fully saturated rings. The fourth-order valence-corrected chi connectivity index (χ4v) is 3.67. The predicted molar refractivity (Wildman–Crippen MR) is 99.3 cm³/mol. The van der Waals surface area contributed by atoms with Gasteiger partial charge in [0.15, 0.2) is 0 Å². The summed E-state index contributed by atoms with van der Waals surface area (Å²) in [4.78, 5) is 16.9. The number of rotatable bonds is 6. The van der Waals surface area contributed by atoms with Gasteiger partial charge in [-0.2, -0.15) is 0 Å². The third-order valence-corrected chi connectivity index (χ3v) is 6.29. The van der Waals surface area contributed by atoms with Crippen LogP contribution in [0.25, 0.3) is 0 Å². The average molecular weight is 511 g/mol. The first-order valence-electron chi connectivity index (χ1n) is 7.10. The number of hydrogen-bond donors (Lipinski definition) is 0. The second-order valence-corrected chi connectivity index (χ2v) is 8.76. The summed E-state index contributed by atoms with van der Waals surface area (Å²) in [5, 5.41) is 0. The molecule has 0 bridgehead atoms. The number of hydrogen-bond acceptors (Lipinski definition) is 5. The number of esters is 1. The maximum absolute atomic E-state index is 13.8. The molecule has 0 aliphatic heterocycles. The van der Waals surface area contributed by atoms with Crippen molar-refractivity contribution in [1.82, 2.24) is 4.47 Å². The van der Waals surface area contributed by atoms with Crippen molar-refractivity contribution in [2.24, 2.45) is 0 Å². The molecule has 2 rings (SSSR count). The van der Waals surface area contributed by atoms with Crippen LogP contribution in [0.5, 0.6) is 0 Å². The number of hydroxylamine groups is 1. The van der Waals surface area contributed by atoms with Crippen molar-refractivity contribution in [1.29, 1.82) is 0 Å². The fraction of sp³-hybridized carbons (Fsp3) is 0.188. The molecule has 0 heterocycles. The molecular weight excluding hydrogens is 497 g/mol. The van der Waals surface area contributed by atoms with Crippen molar-refractivity contribution < 1.29 is 27.2 Å². The molecule has 26 heavy (non-hydrogen) atoms. The summed E-state index contributed by atoms with van der Waals surface area (Å²) < 4.78 is 45.1. The zero-order chi connectivity index (χ0) is 19.5. The van der Waals surface area contributed by atoms with Gasteiger partial charge in [-0.25, -0.2) is 17.6 Å². The fourth-order valence-electron chi connectivity index (χ4n) is 1.93. The molecule has 0 atom stereocenters. The molecule has 0 aliphatic carbocycles. The molecule has 0 saturated carbocycles. The van der Waals surface area contributed by atoms with Crippen molar-refractivity contribution in [2.75, 3.05) is 14.2 Å². The molecule has 0 unspecified atom stereocenters. The first kappa shape index (κ1) is 21.0. The standard InChI is InChI=1S/C16H14Br2FNO5S/c1-20(24-2)26(22,23)12-5-6-14(18)13(8-12)16(21)25-9-10-3-4-11(17)7-15(10)19/h3-8H,9H2,1-2H3. The number of sulfonamides is 1. The van der Waals surface area contributed by atoms with E-state index >= 15 is 0 Å². The Hall–Kier alpha value is -1.33. The second-order valence-electron chi connectivity index (χ2n) is 5.05. The van der Waals surface area contributed by atoms with Gasteiger partial charge in [0.25, 0.3) is 10.0 Å². The quantitative estimate of drug-likeness (QED) is 0.435. The van der Waals surface area contributed by atoms with Gasteiger partial charge in [-0.3, -0.25) is 4.84 Å². The van der Waals surface area contributed by atoms with Crippen molar-refractivity contribution in [2.45, 2.75) is 11.5 Å². The van der Waals surface area contributed by atoms with Crippen LogP contribution in [0.15, 0.2) is 50.2 Å².